The van der Waals surface area contributed by atoms with Crippen LogP contribution in [0.15, 0.2) is 4.99 Å². The van der Waals surface area contributed by atoms with Crippen LogP contribution in [0.4, 0.5) is 0 Å². The third kappa shape index (κ3) is 5.33. The molecule has 0 aromatic rings. The van der Waals surface area contributed by atoms with Gasteiger partial charge in [0.2, 0.25) is 0 Å². The van der Waals surface area contributed by atoms with Gasteiger partial charge >= 0.3 is 0 Å². The second-order valence-electron chi connectivity index (χ2n) is 6.51. The zero-order chi connectivity index (χ0) is 17.3. The van der Waals surface area contributed by atoms with E-state index in [9.17, 15) is 9.59 Å². The van der Waals surface area contributed by atoms with Crippen LogP contribution in [0.25, 0.3) is 0 Å². The molecule has 0 saturated heterocycles. The van der Waals surface area contributed by atoms with Crippen molar-refractivity contribution >= 4 is 17.6 Å². The van der Waals surface area contributed by atoms with E-state index < -0.39 is 5.54 Å². The molecule has 132 valence electrons. The Bertz CT molecular complexity index is 424. The van der Waals surface area contributed by atoms with Crippen molar-refractivity contribution in [3.8, 4) is 0 Å². The van der Waals surface area contributed by atoms with E-state index >= 15 is 0 Å². The van der Waals surface area contributed by atoms with Gasteiger partial charge in [0.1, 0.15) is 11.3 Å². The summed E-state index contributed by atoms with van der Waals surface area (Å²) in [5, 5.41) is 0. The van der Waals surface area contributed by atoms with Crippen LogP contribution >= 0.6 is 0 Å². The summed E-state index contributed by atoms with van der Waals surface area (Å²) in [4.78, 5) is 30.5. The highest BCUT2D eigenvalue weighted by atomic mass is 16.2. The number of guanidine groups is 1. The van der Waals surface area contributed by atoms with Gasteiger partial charge in [-0.25, -0.2) is 4.99 Å². The smallest absolute Gasteiger partial charge is 0.257 e. The molecule has 1 amide bonds. The number of amides is 1. The number of hydrogen-bond acceptors (Lipinski definition) is 4. The van der Waals surface area contributed by atoms with Gasteiger partial charge in [-0.1, -0.05) is 46.5 Å². The Morgan fingerprint density at radius 3 is 2.22 bits per heavy atom. The standard InChI is InChI=1S/C18H33N3O2/c1-4-7-12-18(13-8-5-2)16(23)21(17(19)20-18)14-10-9-11-15(22)6-3/h4-14H2,1-3H3,(H2,19,20). The first-order chi connectivity index (χ1) is 11.0. The van der Waals surface area contributed by atoms with Crippen molar-refractivity contribution in [3.63, 3.8) is 0 Å². The SMILES string of the molecule is CCCCC1(CCCC)N=C(N)N(CCCCC(=O)CC)C1=O. The number of aliphatic imine (C=N–C) groups is 1. The quantitative estimate of drug-likeness (QED) is 0.559. The second kappa shape index (κ2) is 9.68. The lowest BCUT2D eigenvalue weighted by molar-refractivity contribution is -0.131. The van der Waals surface area contributed by atoms with Gasteiger partial charge in [0, 0.05) is 19.4 Å². The zero-order valence-corrected chi connectivity index (χ0v) is 15.1. The van der Waals surface area contributed by atoms with Crippen molar-refractivity contribution < 1.29 is 9.59 Å². The van der Waals surface area contributed by atoms with Crippen LogP contribution in [0.5, 0.6) is 0 Å². The highest BCUT2D eigenvalue weighted by Gasteiger charge is 2.46. The summed E-state index contributed by atoms with van der Waals surface area (Å²) in [6, 6.07) is 0. The molecule has 0 atom stereocenters. The van der Waals surface area contributed by atoms with Crippen molar-refractivity contribution in [3.05, 3.63) is 0 Å². The van der Waals surface area contributed by atoms with Crippen molar-refractivity contribution in [2.24, 2.45) is 10.7 Å². The number of carbonyl (C=O) groups is 2. The van der Waals surface area contributed by atoms with Crippen LogP contribution in [0.2, 0.25) is 0 Å². The minimum atomic E-state index is -0.630. The van der Waals surface area contributed by atoms with Crippen molar-refractivity contribution in [2.75, 3.05) is 6.54 Å². The van der Waals surface area contributed by atoms with E-state index in [4.69, 9.17) is 5.73 Å². The highest BCUT2D eigenvalue weighted by Crippen LogP contribution is 2.33. The first-order valence-corrected chi connectivity index (χ1v) is 9.19. The molecule has 0 bridgehead atoms. The van der Waals surface area contributed by atoms with Crippen LogP contribution in [0.1, 0.15) is 85.0 Å². The first kappa shape index (κ1) is 19.7. The van der Waals surface area contributed by atoms with Crippen LogP contribution in [0, 0.1) is 0 Å². The van der Waals surface area contributed by atoms with Crippen molar-refractivity contribution in [1.29, 1.82) is 0 Å². The number of rotatable bonds is 12. The normalized spacial score (nSPS) is 16.7. The Balaban J connectivity index is 2.64. The second-order valence-corrected chi connectivity index (χ2v) is 6.51. The fourth-order valence-corrected chi connectivity index (χ4v) is 3.06. The van der Waals surface area contributed by atoms with Gasteiger partial charge in [0.15, 0.2) is 5.96 Å². The summed E-state index contributed by atoms with van der Waals surface area (Å²) in [7, 11) is 0. The van der Waals surface area contributed by atoms with Gasteiger partial charge in [0.05, 0.1) is 0 Å². The maximum Gasteiger partial charge on any atom is 0.257 e. The van der Waals surface area contributed by atoms with Gasteiger partial charge in [-0.3, -0.25) is 14.5 Å². The zero-order valence-electron chi connectivity index (χ0n) is 15.1. The van der Waals surface area contributed by atoms with E-state index in [0.717, 1.165) is 51.4 Å². The van der Waals surface area contributed by atoms with E-state index in [0.29, 0.717) is 25.3 Å². The average Bonchev–Trinajstić information content (AvgIpc) is 2.78. The minimum absolute atomic E-state index is 0.0683. The predicted octanol–water partition coefficient (Wildman–Crippen LogP) is 3.41. The van der Waals surface area contributed by atoms with Gasteiger partial charge < -0.3 is 5.73 Å². The number of hydrogen-bond donors (Lipinski definition) is 1. The van der Waals surface area contributed by atoms with E-state index in [1.165, 1.54) is 0 Å². The maximum absolute atomic E-state index is 12.9. The largest absolute Gasteiger partial charge is 0.369 e. The Labute approximate surface area is 140 Å². The topological polar surface area (TPSA) is 75.8 Å². The molecule has 1 rings (SSSR count). The molecule has 0 saturated carbocycles. The van der Waals surface area contributed by atoms with Gasteiger partial charge in [-0.2, -0.15) is 0 Å². The Hall–Kier alpha value is -1.39. The molecule has 0 fully saturated rings. The van der Waals surface area contributed by atoms with E-state index in [1.54, 1.807) is 4.90 Å². The maximum atomic E-state index is 12.9. The van der Waals surface area contributed by atoms with Crippen LogP contribution in [0.3, 0.4) is 0 Å². The molecule has 0 aromatic carbocycles. The summed E-state index contributed by atoms with van der Waals surface area (Å²) in [5.74, 6) is 0.711. The lowest BCUT2D eigenvalue weighted by Crippen LogP contribution is -2.44. The molecule has 5 nitrogen and oxygen atoms in total. The Morgan fingerprint density at radius 2 is 1.70 bits per heavy atom. The first-order valence-electron chi connectivity index (χ1n) is 9.19. The van der Waals surface area contributed by atoms with Crippen LogP contribution in [-0.4, -0.2) is 34.6 Å². The number of Topliss-reactive ketones (excluding diaryl/α,β-unsaturated/α-hetero) is 1. The number of unbranched alkanes of at least 4 members (excludes halogenated alkanes) is 3. The molecular weight excluding hydrogens is 290 g/mol. The summed E-state index contributed by atoms with van der Waals surface area (Å²) >= 11 is 0. The number of nitrogens with two attached hydrogens (primary N) is 1. The van der Waals surface area contributed by atoms with Gasteiger partial charge in [-0.05, 0) is 25.7 Å². The lowest BCUT2D eigenvalue weighted by atomic mass is 9.87. The van der Waals surface area contributed by atoms with Crippen molar-refractivity contribution in [1.82, 2.24) is 4.90 Å². The fourth-order valence-electron chi connectivity index (χ4n) is 3.06. The molecule has 1 heterocycles. The van der Waals surface area contributed by atoms with Gasteiger partial charge in [0.25, 0.3) is 5.91 Å². The molecule has 23 heavy (non-hydrogen) atoms. The minimum Gasteiger partial charge on any atom is -0.369 e. The number of ketones is 1. The summed E-state index contributed by atoms with van der Waals surface area (Å²) in [6.45, 7) is 6.71. The summed E-state index contributed by atoms with van der Waals surface area (Å²) in [6.07, 6.45) is 8.44. The average molecular weight is 323 g/mol. The third-order valence-electron chi connectivity index (χ3n) is 4.62. The molecule has 0 radical (unpaired) electrons. The molecule has 0 spiro atoms. The lowest BCUT2D eigenvalue weighted by Gasteiger charge is -2.26. The van der Waals surface area contributed by atoms with Gasteiger partial charge in [-0.15, -0.1) is 0 Å². The fraction of sp³-hybridized carbons (Fsp3) is 0.833. The van der Waals surface area contributed by atoms with E-state index in [-0.39, 0.29) is 11.7 Å². The Kier molecular flexibility index (Phi) is 8.28. The number of carbonyl (C=O) groups excluding carboxylic acids is 2. The number of nitrogens with zero attached hydrogens (tertiary/aromatic N) is 2. The Morgan fingerprint density at radius 1 is 1.09 bits per heavy atom. The monoisotopic (exact) mass is 323 g/mol. The van der Waals surface area contributed by atoms with Crippen LogP contribution < -0.4 is 5.73 Å². The molecule has 0 aliphatic carbocycles. The van der Waals surface area contributed by atoms with E-state index in [1.807, 2.05) is 6.92 Å². The molecule has 5 heteroatoms. The third-order valence-corrected chi connectivity index (χ3v) is 4.62. The summed E-state index contributed by atoms with van der Waals surface area (Å²) in [5.41, 5.74) is 5.42. The summed E-state index contributed by atoms with van der Waals surface area (Å²) < 4.78 is 0. The molecular formula is C18H33N3O2. The predicted molar refractivity (Wildman–Crippen MR) is 94.3 cm³/mol. The van der Waals surface area contributed by atoms with E-state index in [2.05, 4.69) is 18.8 Å². The molecule has 0 aromatic heterocycles. The molecule has 0 unspecified atom stereocenters. The molecule has 1 aliphatic heterocycles. The molecule has 1 aliphatic rings. The van der Waals surface area contributed by atoms with Crippen LogP contribution in [-0.2, 0) is 9.59 Å². The molecule has 2 N–H and O–H groups in total. The highest BCUT2D eigenvalue weighted by molar-refractivity contribution is 6.06. The van der Waals surface area contributed by atoms with Crippen molar-refractivity contribution in [2.45, 2.75) is 90.5 Å².